The highest BCUT2D eigenvalue weighted by Gasteiger charge is 2.44. The van der Waals surface area contributed by atoms with Crippen molar-refractivity contribution in [2.75, 3.05) is 13.2 Å². The highest BCUT2D eigenvalue weighted by molar-refractivity contribution is 5.80. The number of rotatable bonds is 45. The van der Waals surface area contributed by atoms with Crippen LogP contribution >= 0.6 is 0 Å². The van der Waals surface area contributed by atoms with Crippen LogP contribution in [-0.2, 0) is 14.3 Å². The number of carbonyl (C=O) groups excluding carboxylic acids is 1. The van der Waals surface area contributed by atoms with E-state index in [0.717, 1.165) is 32.1 Å². The lowest BCUT2D eigenvalue weighted by Crippen LogP contribution is -2.60. The van der Waals surface area contributed by atoms with Gasteiger partial charge in [0.1, 0.15) is 36.6 Å². The van der Waals surface area contributed by atoms with Gasteiger partial charge in [0.15, 0.2) is 6.29 Å². The molecule has 0 saturated carbocycles. The fraction of sp³-hybridized carbons (Fsp3) is 0.906. The molecule has 64 heavy (non-hydrogen) atoms. The largest absolute Gasteiger partial charge is 0.394 e. The zero-order valence-corrected chi connectivity index (χ0v) is 41.0. The summed E-state index contributed by atoms with van der Waals surface area (Å²) in [4.78, 5) is 13.0. The molecule has 0 aromatic heterocycles. The van der Waals surface area contributed by atoms with E-state index in [0.29, 0.717) is 12.8 Å². The second kappa shape index (κ2) is 42.9. The summed E-state index contributed by atoms with van der Waals surface area (Å²) in [6.07, 6.45) is 38.7. The number of ether oxygens (including phenoxy) is 2. The molecule has 1 fully saturated rings. The second-order valence-corrected chi connectivity index (χ2v) is 18.9. The normalized spacial score (nSPS) is 21.2. The number of hydrogen-bond acceptors (Lipinski definition) is 10. The van der Waals surface area contributed by atoms with Crippen molar-refractivity contribution in [2.45, 2.75) is 294 Å². The Hall–Kier alpha value is -1.41. The Morgan fingerprint density at radius 1 is 0.531 bits per heavy atom. The molecule has 1 aliphatic rings. The van der Waals surface area contributed by atoms with Crippen LogP contribution in [-0.4, -0.2) is 110 Å². The van der Waals surface area contributed by atoms with Gasteiger partial charge < -0.3 is 50.5 Å². The molecular formula is C53H101NO10. The maximum atomic E-state index is 13.0. The van der Waals surface area contributed by atoms with Crippen molar-refractivity contribution in [3.05, 3.63) is 24.3 Å². The van der Waals surface area contributed by atoms with Crippen LogP contribution in [0.2, 0.25) is 0 Å². The molecule has 11 heteroatoms. The van der Waals surface area contributed by atoms with Crippen molar-refractivity contribution in [3.63, 3.8) is 0 Å². The predicted octanol–water partition coefficient (Wildman–Crippen LogP) is 10.2. The molecule has 9 unspecified atom stereocenters. The molecule has 9 atom stereocenters. The van der Waals surface area contributed by atoms with Crippen LogP contribution in [0.3, 0.4) is 0 Å². The molecule has 378 valence electrons. The van der Waals surface area contributed by atoms with Crippen LogP contribution in [0.4, 0.5) is 0 Å². The fourth-order valence-electron chi connectivity index (χ4n) is 8.56. The summed E-state index contributed by atoms with van der Waals surface area (Å²) in [5, 5.41) is 75.5. The number of aliphatic hydroxyl groups excluding tert-OH is 7. The van der Waals surface area contributed by atoms with E-state index in [1.165, 1.54) is 167 Å². The highest BCUT2D eigenvalue weighted by atomic mass is 16.7. The quantitative estimate of drug-likeness (QED) is 0.0216. The SMILES string of the molecule is CCCCCC/C=C\CCC(O)C(=O)NC(COC1OC(CO)C(O)C(O)C1O)C(O)C(O)CCC/C=C/CCCCCCCCCCCCCCCCCCCCCCCCCC. The van der Waals surface area contributed by atoms with Crippen molar-refractivity contribution in [2.24, 2.45) is 0 Å². The van der Waals surface area contributed by atoms with Crippen LogP contribution in [0.25, 0.3) is 0 Å². The Morgan fingerprint density at radius 3 is 1.36 bits per heavy atom. The van der Waals surface area contributed by atoms with E-state index in [4.69, 9.17) is 9.47 Å². The lowest BCUT2D eigenvalue weighted by molar-refractivity contribution is -0.303. The van der Waals surface area contributed by atoms with E-state index in [2.05, 4.69) is 37.4 Å². The summed E-state index contributed by atoms with van der Waals surface area (Å²) >= 11 is 0. The van der Waals surface area contributed by atoms with Gasteiger partial charge in [-0.1, -0.05) is 205 Å². The van der Waals surface area contributed by atoms with Crippen molar-refractivity contribution >= 4 is 5.91 Å². The van der Waals surface area contributed by atoms with E-state index in [9.17, 15) is 40.5 Å². The zero-order valence-electron chi connectivity index (χ0n) is 41.0. The average Bonchev–Trinajstić information content (AvgIpc) is 3.29. The Bertz CT molecular complexity index is 1090. The van der Waals surface area contributed by atoms with E-state index in [-0.39, 0.29) is 12.8 Å². The van der Waals surface area contributed by atoms with Gasteiger partial charge in [0.25, 0.3) is 0 Å². The third-order valence-corrected chi connectivity index (χ3v) is 13.0. The van der Waals surface area contributed by atoms with Gasteiger partial charge in [-0.05, 0) is 57.8 Å². The number of hydrogen-bond donors (Lipinski definition) is 8. The molecular weight excluding hydrogens is 811 g/mol. The predicted molar refractivity (Wildman–Crippen MR) is 261 cm³/mol. The van der Waals surface area contributed by atoms with E-state index >= 15 is 0 Å². The molecule has 0 spiro atoms. The molecule has 1 saturated heterocycles. The average molecular weight is 912 g/mol. The summed E-state index contributed by atoms with van der Waals surface area (Å²) in [5.41, 5.74) is 0. The minimum atomic E-state index is -1.67. The van der Waals surface area contributed by atoms with Crippen LogP contribution in [0.5, 0.6) is 0 Å². The van der Waals surface area contributed by atoms with Crippen LogP contribution in [0.1, 0.15) is 239 Å². The van der Waals surface area contributed by atoms with E-state index < -0.39 is 74.2 Å². The molecule has 1 heterocycles. The Balaban J connectivity index is 2.23. The van der Waals surface area contributed by atoms with Crippen molar-refractivity contribution in [1.29, 1.82) is 0 Å². The Labute approximate surface area is 391 Å². The van der Waals surface area contributed by atoms with Gasteiger partial charge in [-0.3, -0.25) is 4.79 Å². The number of nitrogens with one attached hydrogen (secondary N) is 1. The number of amides is 1. The molecule has 1 amide bonds. The number of aliphatic hydroxyl groups is 7. The fourth-order valence-corrected chi connectivity index (χ4v) is 8.56. The lowest BCUT2D eigenvalue weighted by atomic mass is 9.99. The first-order valence-corrected chi connectivity index (χ1v) is 26.7. The van der Waals surface area contributed by atoms with Gasteiger partial charge in [0.2, 0.25) is 5.91 Å². The lowest BCUT2D eigenvalue weighted by Gasteiger charge is -2.40. The van der Waals surface area contributed by atoms with Crippen molar-refractivity contribution in [3.8, 4) is 0 Å². The summed E-state index contributed by atoms with van der Waals surface area (Å²) in [6, 6.07) is -1.20. The van der Waals surface area contributed by atoms with Crippen molar-refractivity contribution in [1.82, 2.24) is 5.32 Å². The maximum absolute atomic E-state index is 13.0. The summed E-state index contributed by atoms with van der Waals surface area (Å²) in [5.74, 6) is -0.742. The van der Waals surface area contributed by atoms with E-state index in [1.54, 1.807) is 0 Å². The smallest absolute Gasteiger partial charge is 0.249 e. The van der Waals surface area contributed by atoms with Gasteiger partial charge >= 0.3 is 0 Å². The molecule has 0 radical (unpaired) electrons. The van der Waals surface area contributed by atoms with Crippen LogP contribution in [0.15, 0.2) is 24.3 Å². The monoisotopic (exact) mass is 912 g/mol. The van der Waals surface area contributed by atoms with E-state index in [1.807, 2.05) is 6.08 Å². The molecule has 1 rings (SSSR count). The first-order chi connectivity index (χ1) is 31.2. The van der Waals surface area contributed by atoms with Crippen molar-refractivity contribution < 1.29 is 50.0 Å². The molecule has 1 aliphatic heterocycles. The van der Waals surface area contributed by atoms with Crippen LogP contribution in [0, 0.1) is 0 Å². The standard InChI is InChI=1S/C53H101NO10/c1-3-5-7-9-11-13-14-15-16-17-18-19-20-21-22-23-24-25-26-27-28-29-30-31-32-33-35-36-38-40-45(56)48(58)44(43-63-53-51(61)50(60)49(59)47(42-55)64-53)54-52(62)46(57)41-39-37-34-12-10-8-6-4-2/h33-35,37,44-51,53,55-61H,3-32,36,38-43H2,1-2H3,(H,54,62)/b35-33+,37-34-. The number of allylic oxidation sites excluding steroid dienone is 4. The Kier molecular flexibility index (Phi) is 40.6. The summed E-state index contributed by atoms with van der Waals surface area (Å²) in [7, 11) is 0. The van der Waals surface area contributed by atoms with Crippen LogP contribution < -0.4 is 5.32 Å². The topological polar surface area (TPSA) is 189 Å². The first-order valence-electron chi connectivity index (χ1n) is 26.7. The minimum absolute atomic E-state index is 0.169. The highest BCUT2D eigenvalue weighted by Crippen LogP contribution is 2.23. The minimum Gasteiger partial charge on any atom is -0.394 e. The second-order valence-electron chi connectivity index (χ2n) is 18.9. The van der Waals surface area contributed by atoms with Gasteiger partial charge in [-0.15, -0.1) is 0 Å². The Morgan fingerprint density at radius 2 is 0.922 bits per heavy atom. The summed E-state index contributed by atoms with van der Waals surface area (Å²) in [6.45, 7) is 3.36. The number of unbranched alkanes of at least 4 members (excludes halogenated alkanes) is 29. The number of carbonyl (C=O) groups is 1. The van der Waals surface area contributed by atoms with Gasteiger partial charge in [-0.2, -0.15) is 0 Å². The summed E-state index contributed by atoms with van der Waals surface area (Å²) < 4.78 is 11.1. The maximum Gasteiger partial charge on any atom is 0.249 e. The first kappa shape index (κ1) is 60.6. The molecule has 0 aliphatic carbocycles. The zero-order chi connectivity index (χ0) is 46.9. The third-order valence-electron chi connectivity index (χ3n) is 13.0. The molecule has 0 aromatic rings. The van der Waals surface area contributed by atoms with Gasteiger partial charge in [0.05, 0.1) is 25.4 Å². The van der Waals surface area contributed by atoms with Gasteiger partial charge in [0, 0.05) is 0 Å². The third kappa shape index (κ3) is 31.5. The molecule has 11 nitrogen and oxygen atoms in total. The molecule has 8 N–H and O–H groups in total. The molecule has 0 aromatic carbocycles. The van der Waals surface area contributed by atoms with Gasteiger partial charge in [-0.25, -0.2) is 0 Å². The molecule has 0 bridgehead atoms.